The van der Waals surface area contributed by atoms with Crippen molar-refractivity contribution in [3.05, 3.63) is 85.1 Å². The van der Waals surface area contributed by atoms with Crippen LogP contribution in [-0.2, 0) is 38.0 Å². The first kappa shape index (κ1) is 62.8. The highest BCUT2D eigenvalue weighted by atomic mass is 16.7. The molecule has 0 aromatic heterocycles. The Kier molecular flexibility index (Phi) is 36.9. The summed E-state index contributed by atoms with van der Waals surface area (Å²) in [5.74, 6) is -1.22. The lowest BCUT2D eigenvalue weighted by molar-refractivity contribution is -0.332. The Balaban J connectivity index is 1.85. The average Bonchev–Trinajstić information content (AvgIpc) is 3.35. The van der Waals surface area contributed by atoms with E-state index in [4.69, 9.17) is 28.4 Å². The van der Waals surface area contributed by atoms with Crippen molar-refractivity contribution in [1.29, 1.82) is 0 Å². The molecule has 2 heterocycles. The van der Waals surface area contributed by atoms with Crippen LogP contribution in [0, 0.1) is 0 Å². The Bertz CT molecular complexity index is 1540. The normalized spacial score (nSPS) is 26.1. The molecule has 400 valence electrons. The zero-order valence-corrected chi connectivity index (χ0v) is 42.2. The van der Waals surface area contributed by atoms with Gasteiger partial charge in [0.05, 0.1) is 19.8 Å². The van der Waals surface area contributed by atoms with E-state index < -0.39 is 99.3 Å². The van der Waals surface area contributed by atoms with Crippen LogP contribution in [0.1, 0.15) is 155 Å². The summed E-state index contributed by atoms with van der Waals surface area (Å²) < 4.78 is 33.3. The number of hydrogen-bond acceptors (Lipinski definition) is 15. The Morgan fingerprint density at radius 1 is 0.514 bits per heavy atom. The van der Waals surface area contributed by atoms with Crippen molar-refractivity contribution in [2.45, 2.75) is 223 Å². The first-order chi connectivity index (χ1) is 34.0. The van der Waals surface area contributed by atoms with E-state index in [1.165, 1.54) is 63.9 Å². The van der Waals surface area contributed by atoms with Crippen molar-refractivity contribution in [2.24, 2.45) is 0 Å². The largest absolute Gasteiger partial charge is 0.462 e. The Labute approximate surface area is 418 Å². The quantitative estimate of drug-likeness (QED) is 0.0103. The molecule has 0 aliphatic carbocycles. The number of hydrogen-bond donors (Lipinski definition) is 7. The summed E-state index contributed by atoms with van der Waals surface area (Å²) in [7, 11) is 0. The first-order valence-corrected chi connectivity index (χ1v) is 26.2. The number of aliphatic hydroxyl groups excluding tert-OH is 7. The van der Waals surface area contributed by atoms with Gasteiger partial charge >= 0.3 is 11.9 Å². The van der Waals surface area contributed by atoms with Gasteiger partial charge in [-0.05, 0) is 64.2 Å². The van der Waals surface area contributed by atoms with Crippen LogP contribution in [0.25, 0.3) is 0 Å². The predicted octanol–water partition coefficient (Wildman–Crippen LogP) is 7.60. The van der Waals surface area contributed by atoms with Gasteiger partial charge in [-0.15, -0.1) is 0 Å². The molecule has 2 rings (SSSR count). The van der Waals surface area contributed by atoms with Crippen molar-refractivity contribution in [3.63, 3.8) is 0 Å². The number of ether oxygens (including phenoxy) is 6. The van der Waals surface area contributed by atoms with Gasteiger partial charge in [-0.25, -0.2) is 4.79 Å². The van der Waals surface area contributed by atoms with E-state index in [2.05, 4.69) is 74.6 Å². The second-order valence-electron chi connectivity index (χ2n) is 18.0. The maximum Gasteiger partial charge on any atom is 0.331 e. The van der Waals surface area contributed by atoms with Crippen molar-refractivity contribution < 1.29 is 73.8 Å². The molecular formula is C55H90O15. The van der Waals surface area contributed by atoms with Crippen LogP contribution in [0.3, 0.4) is 0 Å². The van der Waals surface area contributed by atoms with Crippen LogP contribution in [0.15, 0.2) is 85.1 Å². The van der Waals surface area contributed by atoms with Crippen molar-refractivity contribution >= 4 is 11.9 Å². The highest BCUT2D eigenvalue weighted by Crippen LogP contribution is 2.26. The molecule has 2 fully saturated rings. The monoisotopic (exact) mass is 991 g/mol. The van der Waals surface area contributed by atoms with Gasteiger partial charge < -0.3 is 64.2 Å². The van der Waals surface area contributed by atoms with E-state index in [-0.39, 0.29) is 13.0 Å². The smallest absolute Gasteiger partial charge is 0.331 e. The second-order valence-corrected chi connectivity index (χ2v) is 18.0. The summed E-state index contributed by atoms with van der Waals surface area (Å²) in [5.41, 5.74) is 0. The molecule has 0 radical (unpaired) electrons. The second kappa shape index (κ2) is 41.2. The SMILES string of the molecule is CC/C=C/C/C=C/C/C=C/C/C=C/C/C=C/CCCCCC(=O)OC[C@@H](CO[C@@H]1O[C@H](CO[C@@H]2O[C@H](CO)[C@H](O)C(O)C2O)[C@H](O)C(O)C1O)OC(=O)/C=C/C=C/CCCCCCCCCCCCC. The van der Waals surface area contributed by atoms with Crippen LogP contribution >= 0.6 is 0 Å². The summed E-state index contributed by atoms with van der Waals surface area (Å²) in [4.78, 5) is 25.7. The molecule has 0 amide bonds. The number of esters is 2. The number of carbonyl (C=O) groups excluding carboxylic acids is 2. The average molecular weight is 991 g/mol. The minimum atomic E-state index is -1.79. The Hall–Kier alpha value is -3.32. The van der Waals surface area contributed by atoms with Crippen molar-refractivity contribution in [1.82, 2.24) is 0 Å². The number of unbranched alkanes of at least 4 members (excludes halogenated alkanes) is 14. The zero-order valence-electron chi connectivity index (χ0n) is 42.2. The molecule has 0 aromatic carbocycles. The van der Waals surface area contributed by atoms with Gasteiger partial charge in [0.2, 0.25) is 0 Å². The molecule has 0 bridgehead atoms. The highest BCUT2D eigenvalue weighted by Gasteiger charge is 2.47. The highest BCUT2D eigenvalue weighted by molar-refractivity contribution is 5.82. The number of carbonyl (C=O) groups is 2. The molecule has 0 spiro atoms. The maximum atomic E-state index is 12.9. The molecule has 0 aromatic rings. The minimum absolute atomic E-state index is 0.154. The van der Waals surface area contributed by atoms with Crippen molar-refractivity contribution in [2.75, 3.05) is 26.4 Å². The van der Waals surface area contributed by atoms with E-state index in [1.54, 1.807) is 12.2 Å². The van der Waals surface area contributed by atoms with Gasteiger partial charge in [0.1, 0.15) is 55.4 Å². The lowest BCUT2D eigenvalue weighted by atomic mass is 9.98. The molecule has 2 aliphatic heterocycles. The third-order valence-corrected chi connectivity index (χ3v) is 12.0. The molecule has 2 aliphatic rings. The van der Waals surface area contributed by atoms with E-state index in [0.29, 0.717) is 6.42 Å². The third kappa shape index (κ3) is 28.7. The third-order valence-electron chi connectivity index (χ3n) is 12.0. The standard InChI is InChI=1S/C55H90O15/c1-3-5-7-9-11-13-15-17-19-20-21-22-24-25-27-29-31-33-35-37-46(57)65-40-43(68-47(58)38-36-34-32-30-28-26-23-18-16-14-12-10-8-6-4-2)41-66-54-53(64)51(62)49(60)45(70-54)42-67-55-52(63)50(61)48(59)44(39-56)69-55/h5,7,11,13,17,19,21-22,25,27,32,34,36,38,43-45,48-56,59-64H,3-4,6,8-10,12,14-16,18,20,23-24,26,28-31,33,35,37,39-42H2,1-2H3/b7-5+,13-11+,19-17+,22-21+,27-25+,34-32+,38-36+/t43-,44+,45+,48-,49-,50?,51?,52?,53?,54+,55+/m0/s1. The molecule has 70 heavy (non-hydrogen) atoms. The summed E-state index contributed by atoms with van der Waals surface area (Å²) in [6.07, 6.45) is 33.8. The van der Waals surface area contributed by atoms with Gasteiger partial charge in [0.15, 0.2) is 18.7 Å². The fraction of sp³-hybridized carbons (Fsp3) is 0.709. The number of allylic oxidation sites excluding steroid dienone is 13. The molecular weight excluding hydrogens is 901 g/mol. The molecule has 4 unspecified atom stereocenters. The van der Waals surface area contributed by atoms with Gasteiger partial charge in [-0.1, -0.05) is 163 Å². The van der Waals surface area contributed by atoms with Crippen LogP contribution < -0.4 is 0 Å². The molecule has 0 saturated carbocycles. The summed E-state index contributed by atoms with van der Waals surface area (Å²) in [5, 5.41) is 72.1. The molecule has 15 nitrogen and oxygen atoms in total. The molecule has 15 heteroatoms. The molecule has 7 N–H and O–H groups in total. The zero-order chi connectivity index (χ0) is 51.0. The van der Waals surface area contributed by atoms with Crippen LogP contribution in [0.5, 0.6) is 0 Å². The van der Waals surface area contributed by atoms with E-state index >= 15 is 0 Å². The van der Waals surface area contributed by atoms with Crippen LogP contribution in [-0.4, -0.2) is 142 Å². The molecule has 11 atom stereocenters. The minimum Gasteiger partial charge on any atom is -0.462 e. The maximum absolute atomic E-state index is 12.9. The Morgan fingerprint density at radius 2 is 1.00 bits per heavy atom. The van der Waals surface area contributed by atoms with Gasteiger partial charge in [-0.3, -0.25) is 4.79 Å². The lowest BCUT2D eigenvalue weighted by Gasteiger charge is -2.42. The predicted molar refractivity (Wildman–Crippen MR) is 270 cm³/mol. The summed E-state index contributed by atoms with van der Waals surface area (Å²) >= 11 is 0. The van der Waals surface area contributed by atoms with E-state index in [9.17, 15) is 45.3 Å². The summed E-state index contributed by atoms with van der Waals surface area (Å²) in [6, 6.07) is 0. The summed E-state index contributed by atoms with van der Waals surface area (Å²) in [6.45, 7) is 2.31. The fourth-order valence-electron chi connectivity index (χ4n) is 7.68. The van der Waals surface area contributed by atoms with Crippen LogP contribution in [0.4, 0.5) is 0 Å². The van der Waals surface area contributed by atoms with Gasteiger partial charge in [0, 0.05) is 12.5 Å². The van der Waals surface area contributed by atoms with E-state index in [0.717, 1.165) is 70.6 Å². The Morgan fingerprint density at radius 3 is 1.57 bits per heavy atom. The van der Waals surface area contributed by atoms with Gasteiger partial charge in [0.25, 0.3) is 0 Å². The first-order valence-electron chi connectivity index (χ1n) is 26.2. The van der Waals surface area contributed by atoms with Crippen LogP contribution in [0.2, 0.25) is 0 Å². The fourth-order valence-corrected chi connectivity index (χ4v) is 7.68. The van der Waals surface area contributed by atoms with Gasteiger partial charge in [-0.2, -0.15) is 0 Å². The number of rotatable bonds is 39. The topological polar surface area (TPSA) is 231 Å². The molecule has 2 saturated heterocycles. The lowest BCUT2D eigenvalue weighted by Crippen LogP contribution is -2.61. The number of aliphatic hydroxyl groups is 7. The van der Waals surface area contributed by atoms with E-state index in [1.807, 2.05) is 6.08 Å². The van der Waals surface area contributed by atoms with Crippen molar-refractivity contribution in [3.8, 4) is 0 Å².